The van der Waals surface area contributed by atoms with Gasteiger partial charge in [0.05, 0.1) is 0 Å². The summed E-state index contributed by atoms with van der Waals surface area (Å²) in [5, 5.41) is 0. The van der Waals surface area contributed by atoms with Crippen molar-refractivity contribution in [2.24, 2.45) is 5.92 Å². The molecule has 0 aliphatic carbocycles. The van der Waals surface area contributed by atoms with Gasteiger partial charge in [-0.15, -0.1) is 0 Å². The van der Waals surface area contributed by atoms with E-state index in [4.69, 9.17) is 5.73 Å². The molecule has 16 heavy (non-hydrogen) atoms. The second-order valence-electron chi connectivity index (χ2n) is 5.13. The molecule has 2 rings (SSSR count). The monoisotopic (exact) mass is 218 g/mol. The molecular formula is C14H22N2. The quantitative estimate of drug-likeness (QED) is 0.733. The molecule has 2 nitrogen and oxygen atoms in total. The fraction of sp³-hybridized carbons (Fsp3) is 0.571. The predicted octanol–water partition coefficient (Wildman–Crippen LogP) is 3.20. The van der Waals surface area contributed by atoms with Crippen molar-refractivity contribution in [1.82, 2.24) is 0 Å². The van der Waals surface area contributed by atoms with Gasteiger partial charge in [-0.2, -0.15) is 0 Å². The number of nitrogens with zero attached hydrogens (tertiary/aromatic N) is 1. The van der Waals surface area contributed by atoms with E-state index in [-0.39, 0.29) is 0 Å². The topological polar surface area (TPSA) is 29.3 Å². The van der Waals surface area contributed by atoms with Crippen LogP contribution in [0.5, 0.6) is 0 Å². The van der Waals surface area contributed by atoms with Crippen molar-refractivity contribution in [2.75, 3.05) is 23.7 Å². The van der Waals surface area contributed by atoms with Crippen LogP contribution in [0, 0.1) is 12.8 Å². The molecule has 0 aromatic heterocycles. The van der Waals surface area contributed by atoms with Crippen molar-refractivity contribution >= 4 is 11.4 Å². The zero-order chi connectivity index (χ0) is 11.5. The summed E-state index contributed by atoms with van der Waals surface area (Å²) in [6.45, 7) is 6.81. The highest BCUT2D eigenvalue weighted by Gasteiger charge is 2.14. The number of aryl methyl sites for hydroxylation is 1. The average Bonchev–Trinajstić information content (AvgIpc) is 2.41. The minimum Gasteiger partial charge on any atom is -0.399 e. The molecule has 1 aromatic rings. The summed E-state index contributed by atoms with van der Waals surface area (Å²) in [5.41, 5.74) is 9.34. The number of nitrogen functional groups attached to an aromatic ring is 1. The summed E-state index contributed by atoms with van der Waals surface area (Å²) in [5.74, 6) is 0.868. The van der Waals surface area contributed by atoms with Crippen LogP contribution < -0.4 is 10.6 Å². The Labute approximate surface area is 98.4 Å². The van der Waals surface area contributed by atoms with Gasteiger partial charge in [-0.25, -0.2) is 0 Å². The van der Waals surface area contributed by atoms with Crippen LogP contribution in [0.1, 0.15) is 31.7 Å². The maximum absolute atomic E-state index is 5.91. The first-order valence-corrected chi connectivity index (χ1v) is 6.27. The largest absolute Gasteiger partial charge is 0.399 e. The van der Waals surface area contributed by atoms with E-state index < -0.39 is 0 Å². The summed E-state index contributed by atoms with van der Waals surface area (Å²) in [7, 11) is 0. The summed E-state index contributed by atoms with van der Waals surface area (Å²) in [4.78, 5) is 2.48. The molecule has 1 aliphatic rings. The number of rotatable bonds is 1. The predicted molar refractivity (Wildman–Crippen MR) is 70.8 cm³/mol. The first-order chi connectivity index (χ1) is 7.65. The second-order valence-corrected chi connectivity index (χ2v) is 5.13. The summed E-state index contributed by atoms with van der Waals surface area (Å²) >= 11 is 0. The fourth-order valence-electron chi connectivity index (χ4n) is 2.50. The van der Waals surface area contributed by atoms with Gasteiger partial charge in [-0.1, -0.05) is 6.92 Å². The van der Waals surface area contributed by atoms with Crippen LogP contribution in [-0.4, -0.2) is 13.1 Å². The van der Waals surface area contributed by atoms with E-state index in [9.17, 15) is 0 Å². The van der Waals surface area contributed by atoms with Gasteiger partial charge in [0.2, 0.25) is 0 Å². The summed E-state index contributed by atoms with van der Waals surface area (Å²) in [6.07, 6.45) is 3.96. The smallest absolute Gasteiger partial charge is 0.0389 e. The zero-order valence-electron chi connectivity index (χ0n) is 10.4. The van der Waals surface area contributed by atoms with Crippen molar-refractivity contribution in [3.8, 4) is 0 Å². The van der Waals surface area contributed by atoms with Crippen LogP contribution in [0.15, 0.2) is 18.2 Å². The van der Waals surface area contributed by atoms with Crippen molar-refractivity contribution < 1.29 is 0 Å². The molecule has 0 amide bonds. The lowest BCUT2D eigenvalue weighted by Gasteiger charge is -2.23. The Kier molecular flexibility index (Phi) is 3.37. The molecule has 1 aromatic carbocycles. The van der Waals surface area contributed by atoms with E-state index in [1.807, 2.05) is 6.07 Å². The van der Waals surface area contributed by atoms with E-state index in [2.05, 4.69) is 30.9 Å². The van der Waals surface area contributed by atoms with Crippen molar-refractivity contribution in [1.29, 1.82) is 0 Å². The number of hydrogen-bond acceptors (Lipinski definition) is 2. The standard InChI is InChI=1S/C14H22N2/c1-11-4-3-6-16(7-5-11)14-9-12(2)8-13(15)10-14/h8-11H,3-7,15H2,1-2H3. The van der Waals surface area contributed by atoms with Crippen LogP contribution in [0.3, 0.4) is 0 Å². The molecule has 0 spiro atoms. The molecule has 0 radical (unpaired) electrons. The minimum atomic E-state index is 0.868. The second kappa shape index (κ2) is 4.77. The van der Waals surface area contributed by atoms with Gasteiger partial charge in [0, 0.05) is 24.5 Å². The van der Waals surface area contributed by atoms with Gasteiger partial charge in [0.1, 0.15) is 0 Å². The SMILES string of the molecule is Cc1cc(N)cc(N2CCCC(C)CC2)c1. The van der Waals surface area contributed by atoms with E-state index in [0.29, 0.717) is 0 Å². The first kappa shape index (κ1) is 11.3. The van der Waals surface area contributed by atoms with Gasteiger partial charge >= 0.3 is 0 Å². The normalized spacial score (nSPS) is 21.9. The lowest BCUT2D eigenvalue weighted by molar-refractivity contribution is 0.521. The molecule has 1 atom stereocenters. The maximum atomic E-state index is 5.91. The molecule has 1 aliphatic heterocycles. The van der Waals surface area contributed by atoms with Gasteiger partial charge in [0.25, 0.3) is 0 Å². The fourth-order valence-corrected chi connectivity index (χ4v) is 2.50. The molecule has 2 N–H and O–H groups in total. The summed E-state index contributed by atoms with van der Waals surface area (Å²) in [6, 6.07) is 6.37. The van der Waals surface area contributed by atoms with Gasteiger partial charge < -0.3 is 10.6 Å². The minimum absolute atomic E-state index is 0.868. The highest BCUT2D eigenvalue weighted by molar-refractivity contribution is 5.58. The van der Waals surface area contributed by atoms with Gasteiger partial charge in [0.15, 0.2) is 0 Å². The lowest BCUT2D eigenvalue weighted by atomic mass is 10.0. The number of anilines is 2. The third-order valence-corrected chi connectivity index (χ3v) is 3.47. The van der Waals surface area contributed by atoms with Gasteiger partial charge in [-0.3, -0.25) is 0 Å². The number of hydrogen-bond donors (Lipinski definition) is 1. The highest BCUT2D eigenvalue weighted by atomic mass is 15.1. The first-order valence-electron chi connectivity index (χ1n) is 6.27. The molecule has 0 bridgehead atoms. The third-order valence-electron chi connectivity index (χ3n) is 3.47. The Morgan fingerprint density at radius 2 is 2.00 bits per heavy atom. The lowest BCUT2D eigenvalue weighted by Crippen LogP contribution is -2.24. The van der Waals surface area contributed by atoms with E-state index >= 15 is 0 Å². The highest BCUT2D eigenvalue weighted by Crippen LogP contribution is 2.25. The van der Waals surface area contributed by atoms with Crippen LogP contribution in [0.25, 0.3) is 0 Å². The molecule has 0 saturated carbocycles. The Bertz CT molecular complexity index is 340. The number of benzene rings is 1. The molecule has 1 unspecified atom stereocenters. The van der Waals surface area contributed by atoms with Crippen molar-refractivity contribution in [2.45, 2.75) is 33.1 Å². The molecule has 88 valence electrons. The molecule has 1 saturated heterocycles. The number of nitrogens with two attached hydrogens (primary N) is 1. The van der Waals surface area contributed by atoms with E-state index in [1.54, 1.807) is 0 Å². The third kappa shape index (κ3) is 2.69. The Morgan fingerprint density at radius 1 is 1.19 bits per heavy atom. The Balaban J connectivity index is 2.16. The molecule has 1 fully saturated rings. The van der Waals surface area contributed by atoms with E-state index in [1.165, 1.54) is 43.6 Å². The van der Waals surface area contributed by atoms with Crippen LogP contribution in [0.4, 0.5) is 11.4 Å². The average molecular weight is 218 g/mol. The van der Waals surface area contributed by atoms with Crippen molar-refractivity contribution in [3.05, 3.63) is 23.8 Å². The van der Waals surface area contributed by atoms with Crippen LogP contribution >= 0.6 is 0 Å². The zero-order valence-corrected chi connectivity index (χ0v) is 10.4. The molecule has 1 heterocycles. The maximum Gasteiger partial charge on any atom is 0.0389 e. The molecular weight excluding hydrogens is 196 g/mol. The van der Waals surface area contributed by atoms with Crippen LogP contribution in [0.2, 0.25) is 0 Å². The van der Waals surface area contributed by atoms with Crippen molar-refractivity contribution in [3.63, 3.8) is 0 Å². The van der Waals surface area contributed by atoms with E-state index in [0.717, 1.165) is 11.6 Å². The summed E-state index contributed by atoms with van der Waals surface area (Å²) < 4.78 is 0. The Hall–Kier alpha value is -1.18. The molecule has 2 heteroatoms. The Morgan fingerprint density at radius 3 is 2.75 bits per heavy atom. The van der Waals surface area contributed by atoms with Gasteiger partial charge in [-0.05, 0) is 55.9 Å². The van der Waals surface area contributed by atoms with Crippen LogP contribution in [-0.2, 0) is 0 Å².